The summed E-state index contributed by atoms with van der Waals surface area (Å²) in [5.41, 5.74) is 2.41. The summed E-state index contributed by atoms with van der Waals surface area (Å²) >= 11 is 3.43. The van der Waals surface area contributed by atoms with Crippen molar-refractivity contribution >= 4 is 33.1 Å². The summed E-state index contributed by atoms with van der Waals surface area (Å²) in [4.78, 5) is 14.8. The van der Waals surface area contributed by atoms with Gasteiger partial charge in [0.1, 0.15) is 5.69 Å². The molecule has 2 aromatic rings. The average Bonchev–Trinajstić information content (AvgIpc) is 2.23. The molecule has 0 radical (unpaired) electrons. The summed E-state index contributed by atoms with van der Waals surface area (Å²) in [6, 6.07) is 7.60. The number of halogens is 1. The van der Waals surface area contributed by atoms with Crippen molar-refractivity contribution in [1.82, 2.24) is 4.98 Å². The van der Waals surface area contributed by atoms with E-state index in [0.717, 1.165) is 27.2 Å². The lowest BCUT2D eigenvalue weighted by molar-refractivity contribution is 0.111. The van der Waals surface area contributed by atoms with Crippen LogP contribution in [0, 0.1) is 6.92 Å². The number of aromatic nitrogens is 1. The predicted molar refractivity (Wildman–Crippen MR) is 59.6 cm³/mol. The first kappa shape index (κ1) is 9.34. The minimum absolute atomic E-state index is 0.471. The maximum absolute atomic E-state index is 10.6. The highest BCUT2D eigenvalue weighted by atomic mass is 79.9. The van der Waals surface area contributed by atoms with Gasteiger partial charge in [-0.3, -0.25) is 4.79 Å². The number of aryl methyl sites for hydroxylation is 1. The lowest BCUT2D eigenvalue weighted by Gasteiger charge is -2.03. The van der Waals surface area contributed by atoms with Gasteiger partial charge in [-0.25, -0.2) is 4.98 Å². The molecule has 1 aromatic carbocycles. The first-order valence-corrected chi connectivity index (χ1v) is 5.02. The molecule has 0 aliphatic carbocycles. The van der Waals surface area contributed by atoms with Crippen molar-refractivity contribution in [3.05, 3.63) is 40.0 Å². The first-order valence-electron chi connectivity index (χ1n) is 4.23. The van der Waals surface area contributed by atoms with Gasteiger partial charge in [-0.2, -0.15) is 0 Å². The molecule has 0 fully saturated rings. The summed E-state index contributed by atoms with van der Waals surface area (Å²) in [7, 11) is 0. The number of nitrogens with zero attached hydrogens (tertiary/aromatic N) is 1. The SMILES string of the molecule is Cc1c(Br)ccc2ccc(C=O)nc12. The minimum Gasteiger partial charge on any atom is -0.296 e. The molecule has 0 bridgehead atoms. The molecule has 2 rings (SSSR count). The van der Waals surface area contributed by atoms with Crippen LogP contribution in [0.3, 0.4) is 0 Å². The van der Waals surface area contributed by atoms with Crippen molar-refractivity contribution in [2.24, 2.45) is 0 Å². The van der Waals surface area contributed by atoms with Gasteiger partial charge in [-0.1, -0.05) is 28.1 Å². The Bertz CT molecular complexity index is 508. The summed E-state index contributed by atoms with van der Waals surface area (Å²) < 4.78 is 1.01. The fraction of sp³-hybridized carbons (Fsp3) is 0.0909. The molecular formula is C11H8BrNO. The Hall–Kier alpha value is -1.22. The van der Waals surface area contributed by atoms with Gasteiger partial charge in [0, 0.05) is 9.86 Å². The lowest BCUT2D eigenvalue weighted by Crippen LogP contribution is -1.90. The highest BCUT2D eigenvalue weighted by molar-refractivity contribution is 9.10. The minimum atomic E-state index is 0.471. The number of rotatable bonds is 1. The van der Waals surface area contributed by atoms with E-state index >= 15 is 0 Å². The molecule has 0 aliphatic heterocycles. The van der Waals surface area contributed by atoms with Crippen LogP contribution in [0.1, 0.15) is 16.1 Å². The van der Waals surface area contributed by atoms with Gasteiger partial charge in [0.15, 0.2) is 6.29 Å². The number of carbonyl (C=O) groups is 1. The van der Waals surface area contributed by atoms with Crippen LogP contribution in [0.2, 0.25) is 0 Å². The topological polar surface area (TPSA) is 30.0 Å². The van der Waals surface area contributed by atoms with Gasteiger partial charge in [-0.05, 0) is 24.6 Å². The van der Waals surface area contributed by atoms with Gasteiger partial charge in [0.05, 0.1) is 5.52 Å². The van der Waals surface area contributed by atoms with Crippen molar-refractivity contribution in [2.45, 2.75) is 6.92 Å². The molecule has 14 heavy (non-hydrogen) atoms. The van der Waals surface area contributed by atoms with Gasteiger partial charge in [0.25, 0.3) is 0 Å². The van der Waals surface area contributed by atoms with Gasteiger partial charge in [-0.15, -0.1) is 0 Å². The molecule has 0 N–H and O–H groups in total. The number of benzene rings is 1. The van der Waals surface area contributed by atoms with E-state index in [1.54, 1.807) is 6.07 Å². The molecule has 0 saturated heterocycles. The molecule has 3 heteroatoms. The van der Waals surface area contributed by atoms with E-state index in [1.807, 2.05) is 25.1 Å². The number of carbonyl (C=O) groups excluding carboxylic acids is 1. The Kier molecular flexibility index (Phi) is 2.33. The molecule has 0 spiro atoms. The van der Waals surface area contributed by atoms with Crippen LogP contribution in [-0.4, -0.2) is 11.3 Å². The van der Waals surface area contributed by atoms with Crippen molar-refractivity contribution < 1.29 is 4.79 Å². The normalized spacial score (nSPS) is 10.4. The number of fused-ring (bicyclic) bond motifs is 1. The second-order valence-corrected chi connectivity index (χ2v) is 3.95. The third-order valence-corrected chi connectivity index (χ3v) is 3.05. The summed E-state index contributed by atoms with van der Waals surface area (Å²) in [5, 5.41) is 1.05. The van der Waals surface area contributed by atoms with E-state index in [4.69, 9.17) is 0 Å². The fourth-order valence-electron chi connectivity index (χ4n) is 1.39. The van der Waals surface area contributed by atoms with Crippen LogP contribution in [0.5, 0.6) is 0 Å². The highest BCUT2D eigenvalue weighted by Gasteiger charge is 2.03. The number of pyridine rings is 1. The Labute approximate surface area is 90.1 Å². The highest BCUT2D eigenvalue weighted by Crippen LogP contribution is 2.24. The van der Waals surface area contributed by atoms with Gasteiger partial charge in [0.2, 0.25) is 0 Å². The monoisotopic (exact) mass is 249 g/mol. The number of hydrogen-bond donors (Lipinski definition) is 0. The molecular weight excluding hydrogens is 242 g/mol. The zero-order valence-corrected chi connectivity index (χ0v) is 9.21. The first-order chi connectivity index (χ1) is 6.72. The molecule has 0 atom stereocenters. The summed E-state index contributed by atoms with van der Waals surface area (Å²) in [6.07, 6.45) is 0.764. The van der Waals surface area contributed by atoms with Crippen molar-refractivity contribution in [3.63, 3.8) is 0 Å². The van der Waals surface area contributed by atoms with E-state index in [9.17, 15) is 4.79 Å². The molecule has 0 unspecified atom stereocenters. The molecule has 0 aliphatic rings. The standard InChI is InChI=1S/C11H8BrNO/c1-7-10(12)5-3-8-2-4-9(6-14)13-11(7)8/h2-6H,1H3. The molecule has 1 aromatic heterocycles. The lowest BCUT2D eigenvalue weighted by atomic mass is 10.1. The largest absolute Gasteiger partial charge is 0.296 e. The molecule has 0 saturated carbocycles. The van der Waals surface area contributed by atoms with Crippen LogP contribution >= 0.6 is 15.9 Å². The number of hydrogen-bond acceptors (Lipinski definition) is 2. The summed E-state index contributed by atoms with van der Waals surface area (Å²) in [6.45, 7) is 1.98. The Morgan fingerprint density at radius 3 is 2.71 bits per heavy atom. The van der Waals surface area contributed by atoms with Crippen LogP contribution in [0.4, 0.5) is 0 Å². The quantitative estimate of drug-likeness (QED) is 0.728. The Morgan fingerprint density at radius 1 is 1.29 bits per heavy atom. The second kappa shape index (κ2) is 3.50. The second-order valence-electron chi connectivity index (χ2n) is 3.10. The van der Waals surface area contributed by atoms with Crippen LogP contribution in [0.15, 0.2) is 28.7 Å². The zero-order valence-electron chi connectivity index (χ0n) is 7.62. The average molecular weight is 250 g/mol. The van der Waals surface area contributed by atoms with Gasteiger partial charge >= 0.3 is 0 Å². The van der Waals surface area contributed by atoms with Gasteiger partial charge < -0.3 is 0 Å². The summed E-state index contributed by atoms with van der Waals surface area (Å²) in [5.74, 6) is 0. The van der Waals surface area contributed by atoms with E-state index in [-0.39, 0.29) is 0 Å². The van der Waals surface area contributed by atoms with Crippen LogP contribution in [0.25, 0.3) is 10.9 Å². The molecule has 2 nitrogen and oxygen atoms in total. The van der Waals surface area contributed by atoms with Crippen molar-refractivity contribution in [3.8, 4) is 0 Å². The Balaban J connectivity index is 2.84. The molecule has 70 valence electrons. The van der Waals surface area contributed by atoms with E-state index in [0.29, 0.717) is 5.69 Å². The van der Waals surface area contributed by atoms with Crippen molar-refractivity contribution in [2.75, 3.05) is 0 Å². The predicted octanol–water partition coefficient (Wildman–Crippen LogP) is 3.12. The zero-order chi connectivity index (χ0) is 10.1. The van der Waals surface area contributed by atoms with Crippen LogP contribution < -0.4 is 0 Å². The molecule has 1 heterocycles. The van der Waals surface area contributed by atoms with E-state index in [1.165, 1.54) is 0 Å². The Morgan fingerprint density at radius 2 is 2.00 bits per heavy atom. The maximum Gasteiger partial charge on any atom is 0.168 e. The fourth-order valence-corrected chi connectivity index (χ4v) is 1.71. The maximum atomic E-state index is 10.6. The molecule has 0 amide bonds. The smallest absolute Gasteiger partial charge is 0.168 e. The number of aldehydes is 1. The van der Waals surface area contributed by atoms with E-state index in [2.05, 4.69) is 20.9 Å². The van der Waals surface area contributed by atoms with Crippen LogP contribution in [-0.2, 0) is 0 Å². The van der Waals surface area contributed by atoms with E-state index < -0.39 is 0 Å². The third kappa shape index (κ3) is 1.44. The van der Waals surface area contributed by atoms with Crippen molar-refractivity contribution in [1.29, 1.82) is 0 Å². The third-order valence-electron chi connectivity index (χ3n) is 2.19.